The summed E-state index contributed by atoms with van der Waals surface area (Å²) in [5, 5.41) is 0. The quantitative estimate of drug-likeness (QED) is 0.445. The van der Waals surface area contributed by atoms with Crippen LogP contribution in [0, 0.1) is 0 Å². The maximum atomic E-state index is 10.5. The minimum Gasteiger partial charge on any atom is -0.346 e. The first-order valence-electron chi connectivity index (χ1n) is 3.04. The smallest absolute Gasteiger partial charge is 0.222 e. The van der Waals surface area contributed by atoms with Crippen LogP contribution in [-0.2, 0) is 4.79 Å². The zero-order valence-corrected chi connectivity index (χ0v) is 5.89. The van der Waals surface area contributed by atoms with Gasteiger partial charge in [-0.1, -0.05) is 0 Å². The third kappa shape index (κ3) is 2.31. The van der Waals surface area contributed by atoms with Gasteiger partial charge in [0.25, 0.3) is 0 Å². The first-order valence-corrected chi connectivity index (χ1v) is 3.04. The molecule has 0 radical (unpaired) electrons. The van der Waals surface area contributed by atoms with Gasteiger partial charge in [-0.25, -0.2) is 0 Å². The van der Waals surface area contributed by atoms with E-state index in [9.17, 15) is 4.79 Å². The molecule has 1 aliphatic rings. The summed E-state index contributed by atoms with van der Waals surface area (Å²) in [7, 11) is 1.84. The third-order valence-electron chi connectivity index (χ3n) is 1.31. The molecule has 52 valence electrons. The topological polar surface area (TPSA) is 20.3 Å². The number of likely N-dealkylation sites (tertiary alicyclic amines) is 1. The zero-order chi connectivity index (χ0) is 7.28. The average Bonchev–Trinajstić information content (AvgIpc) is 2.23. The van der Waals surface area contributed by atoms with E-state index in [4.69, 9.17) is 0 Å². The Kier molecular flexibility index (Phi) is 3.76. The predicted molar refractivity (Wildman–Crippen MR) is 38.1 cm³/mol. The molecular weight excluding hydrogens is 114 g/mol. The van der Waals surface area contributed by atoms with Gasteiger partial charge in [0.15, 0.2) is 0 Å². The number of carbonyl (C=O) groups is 1. The van der Waals surface area contributed by atoms with Gasteiger partial charge >= 0.3 is 0 Å². The number of hydrogen-bond donors (Lipinski definition) is 0. The van der Waals surface area contributed by atoms with Gasteiger partial charge in [-0.15, -0.1) is 13.2 Å². The maximum absolute atomic E-state index is 10.5. The molecule has 0 saturated carbocycles. The minimum atomic E-state index is 0.292. The maximum Gasteiger partial charge on any atom is 0.222 e. The van der Waals surface area contributed by atoms with Crippen molar-refractivity contribution in [3.8, 4) is 0 Å². The largest absolute Gasteiger partial charge is 0.346 e. The predicted octanol–water partition coefficient (Wildman–Crippen LogP) is 1.04. The lowest BCUT2D eigenvalue weighted by atomic mass is 10.4. The lowest BCUT2D eigenvalue weighted by Gasteiger charge is -2.03. The molecule has 1 aliphatic heterocycles. The Hall–Kier alpha value is -0.790. The van der Waals surface area contributed by atoms with Crippen LogP contribution in [0.4, 0.5) is 0 Å². The fraction of sp³-hybridized carbons (Fsp3) is 0.571. The number of carbonyl (C=O) groups excluding carboxylic acids is 1. The summed E-state index contributed by atoms with van der Waals surface area (Å²) >= 11 is 0. The first-order chi connectivity index (χ1) is 4.30. The molecule has 0 unspecified atom stereocenters. The molecule has 1 amide bonds. The van der Waals surface area contributed by atoms with Crippen LogP contribution in [0.5, 0.6) is 0 Å². The van der Waals surface area contributed by atoms with Crippen LogP contribution in [0.15, 0.2) is 13.2 Å². The van der Waals surface area contributed by atoms with Crippen molar-refractivity contribution in [2.24, 2.45) is 0 Å². The molecule has 0 aromatic heterocycles. The van der Waals surface area contributed by atoms with E-state index in [1.807, 2.05) is 7.05 Å². The number of hydrogen-bond acceptors (Lipinski definition) is 1. The highest BCUT2D eigenvalue weighted by Crippen LogP contribution is 2.04. The van der Waals surface area contributed by atoms with Gasteiger partial charge in [0.2, 0.25) is 5.91 Å². The van der Waals surface area contributed by atoms with Crippen LogP contribution in [0.1, 0.15) is 12.8 Å². The van der Waals surface area contributed by atoms with Crippen LogP contribution >= 0.6 is 0 Å². The Balaban J connectivity index is 0.000000291. The highest BCUT2D eigenvalue weighted by atomic mass is 16.2. The second kappa shape index (κ2) is 4.13. The second-order valence-corrected chi connectivity index (χ2v) is 1.92. The summed E-state index contributed by atoms with van der Waals surface area (Å²) in [6.45, 7) is 6.96. The molecule has 1 fully saturated rings. The van der Waals surface area contributed by atoms with E-state index in [1.54, 1.807) is 4.90 Å². The first kappa shape index (κ1) is 8.21. The Morgan fingerprint density at radius 3 is 2.22 bits per heavy atom. The van der Waals surface area contributed by atoms with Crippen LogP contribution < -0.4 is 0 Å². The molecule has 9 heavy (non-hydrogen) atoms. The van der Waals surface area contributed by atoms with E-state index in [0.29, 0.717) is 5.91 Å². The second-order valence-electron chi connectivity index (χ2n) is 1.92. The normalized spacial score (nSPS) is 17.0. The van der Waals surface area contributed by atoms with Crippen LogP contribution in [0.3, 0.4) is 0 Å². The van der Waals surface area contributed by atoms with E-state index in [1.165, 1.54) is 0 Å². The lowest BCUT2D eigenvalue weighted by Crippen LogP contribution is -2.17. The summed E-state index contributed by atoms with van der Waals surface area (Å²) < 4.78 is 0. The van der Waals surface area contributed by atoms with Crippen molar-refractivity contribution in [3.05, 3.63) is 13.2 Å². The molecule has 1 heterocycles. The van der Waals surface area contributed by atoms with Gasteiger partial charge in [0.1, 0.15) is 0 Å². The van der Waals surface area contributed by atoms with Crippen molar-refractivity contribution in [2.45, 2.75) is 12.8 Å². The summed E-state index contributed by atoms with van der Waals surface area (Å²) in [6.07, 6.45) is 1.81. The van der Waals surface area contributed by atoms with Gasteiger partial charge in [0, 0.05) is 20.0 Å². The molecular formula is C7H13NO. The lowest BCUT2D eigenvalue weighted by molar-refractivity contribution is -0.126. The van der Waals surface area contributed by atoms with Crippen LogP contribution in [-0.4, -0.2) is 24.4 Å². The van der Waals surface area contributed by atoms with Gasteiger partial charge in [-0.05, 0) is 6.42 Å². The SMILES string of the molecule is C=C.CN1CCCC1=O. The van der Waals surface area contributed by atoms with Crippen molar-refractivity contribution in [3.63, 3.8) is 0 Å². The molecule has 0 spiro atoms. The Labute approximate surface area is 56.2 Å². The number of rotatable bonds is 0. The van der Waals surface area contributed by atoms with Crippen LogP contribution in [0.2, 0.25) is 0 Å². The summed E-state index contributed by atoms with van der Waals surface area (Å²) in [5.74, 6) is 0.292. The molecule has 0 aromatic carbocycles. The molecule has 0 aliphatic carbocycles. The van der Waals surface area contributed by atoms with Gasteiger partial charge in [-0.2, -0.15) is 0 Å². The molecule has 1 saturated heterocycles. The van der Waals surface area contributed by atoms with E-state index in [0.717, 1.165) is 19.4 Å². The summed E-state index contributed by atoms with van der Waals surface area (Å²) in [5.41, 5.74) is 0. The van der Waals surface area contributed by atoms with Crippen LogP contribution in [0.25, 0.3) is 0 Å². The standard InChI is InChI=1S/C5H9NO.C2H4/c1-6-4-2-3-5(6)7;1-2/h2-4H2,1H3;1-2H2. The van der Waals surface area contributed by atoms with E-state index < -0.39 is 0 Å². The highest BCUT2D eigenvalue weighted by Gasteiger charge is 2.14. The molecule has 1 rings (SSSR count). The number of nitrogens with zero attached hydrogens (tertiary/aromatic N) is 1. The fourth-order valence-corrected chi connectivity index (χ4v) is 0.783. The van der Waals surface area contributed by atoms with Crippen molar-refractivity contribution in [2.75, 3.05) is 13.6 Å². The summed E-state index contributed by atoms with van der Waals surface area (Å²) in [4.78, 5) is 12.3. The van der Waals surface area contributed by atoms with E-state index in [2.05, 4.69) is 13.2 Å². The highest BCUT2D eigenvalue weighted by molar-refractivity contribution is 5.77. The van der Waals surface area contributed by atoms with Crippen molar-refractivity contribution < 1.29 is 4.79 Å². The molecule has 0 bridgehead atoms. The Morgan fingerprint density at radius 2 is 2.11 bits per heavy atom. The summed E-state index contributed by atoms with van der Waals surface area (Å²) in [6, 6.07) is 0. The van der Waals surface area contributed by atoms with Gasteiger partial charge in [-0.3, -0.25) is 4.79 Å². The zero-order valence-electron chi connectivity index (χ0n) is 5.89. The van der Waals surface area contributed by atoms with E-state index in [-0.39, 0.29) is 0 Å². The van der Waals surface area contributed by atoms with E-state index >= 15 is 0 Å². The van der Waals surface area contributed by atoms with Crippen molar-refractivity contribution in [1.82, 2.24) is 4.90 Å². The average molecular weight is 127 g/mol. The Bertz CT molecular complexity index is 101. The van der Waals surface area contributed by atoms with Gasteiger partial charge < -0.3 is 4.90 Å². The molecule has 2 heteroatoms. The van der Waals surface area contributed by atoms with Crippen molar-refractivity contribution in [1.29, 1.82) is 0 Å². The molecule has 0 N–H and O–H groups in total. The third-order valence-corrected chi connectivity index (χ3v) is 1.31. The molecule has 0 atom stereocenters. The fourth-order valence-electron chi connectivity index (χ4n) is 0.783. The molecule has 2 nitrogen and oxygen atoms in total. The monoisotopic (exact) mass is 127 g/mol. The van der Waals surface area contributed by atoms with Crippen molar-refractivity contribution >= 4 is 5.91 Å². The van der Waals surface area contributed by atoms with Gasteiger partial charge in [0.05, 0.1) is 0 Å². The minimum absolute atomic E-state index is 0.292. The number of amides is 1. The molecule has 0 aromatic rings. The Morgan fingerprint density at radius 1 is 1.56 bits per heavy atom.